The first kappa shape index (κ1) is 18.9. The van der Waals surface area contributed by atoms with Crippen LogP contribution < -0.4 is 5.32 Å². The summed E-state index contributed by atoms with van der Waals surface area (Å²) >= 11 is 0. The number of hydrogen-bond donors (Lipinski definition) is 2. The van der Waals surface area contributed by atoms with Gasteiger partial charge in [0, 0.05) is 48.4 Å². The number of ketones is 1. The summed E-state index contributed by atoms with van der Waals surface area (Å²) in [5.41, 5.74) is 2.72. The molecular weight excluding hydrogens is 400 g/mol. The van der Waals surface area contributed by atoms with E-state index in [-0.39, 0.29) is 11.3 Å². The molecule has 5 aromatic rings. The molecule has 0 radical (unpaired) electrons. The van der Waals surface area contributed by atoms with E-state index < -0.39 is 23.0 Å². The van der Waals surface area contributed by atoms with Crippen molar-refractivity contribution >= 4 is 33.4 Å². The number of nitrogens with zero attached hydrogens (tertiary/aromatic N) is 3. The summed E-state index contributed by atoms with van der Waals surface area (Å²) in [5.74, 6) is -2.59. The number of nitrogens with one attached hydrogen (secondary N) is 2. The smallest absolute Gasteiger partial charge is 0.201 e. The van der Waals surface area contributed by atoms with Crippen molar-refractivity contribution in [1.29, 1.82) is 0 Å². The molecule has 2 N–H and O–H groups in total. The van der Waals surface area contributed by atoms with Crippen LogP contribution in [0.2, 0.25) is 0 Å². The van der Waals surface area contributed by atoms with Gasteiger partial charge in [0.2, 0.25) is 5.78 Å². The fraction of sp³-hybridized carbons (Fsp3) is 0.0870. The summed E-state index contributed by atoms with van der Waals surface area (Å²) in [6.45, 7) is 0. The fourth-order valence-corrected chi connectivity index (χ4v) is 3.78. The number of aromatic amines is 1. The number of pyridine rings is 1. The summed E-state index contributed by atoms with van der Waals surface area (Å²) in [4.78, 5) is 20.4. The minimum absolute atomic E-state index is 0.0492. The van der Waals surface area contributed by atoms with E-state index >= 15 is 0 Å². The Bertz CT molecular complexity index is 1480. The highest BCUT2D eigenvalue weighted by molar-refractivity contribution is 6.16. The van der Waals surface area contributed by atoms with Crippen molar-refractivity contribution in [2.45, 2.75) is 0 Å². The van der Waals surface area contributed by atoms with Crippen LogP contribution in [0.5, 0.6) is 0 Å². The maximum absolute atomic E-state index is 14.7. The van der Waals surface area contributed by atoms with Gasteiger partial charge in [-0.15, -0.1) is 0 Å². The molecule has 0 amide bonds. The number of H-pyrrole nitrogens is 1. The minimum atomic E-state index is -0.923. The van der Waals surface area contributed by atoms with Crippen LogP contribution in [0.3, 0.4) is 0 Å². The summed E-state index contributed by atoms with van der Waals surface area (Å²) in [5, 5.41) is 8.33. The lowest BCUT2D eigenvalue weighted by Gasteiger charge is -2.08. The Morgan fingerprint density at radius 2 is 1.94 bits per heavy atom. The number of aryl methyl sites for hydroxylation is 1. The second-order valence-electron chi connectivity index (χ2n) is 7.23. The van der Waals surface area contributed by atoms with E-state index in [0.29, 0.717) is 11.0 Å². The Kier molecular flexibility index (Phi) is 4.28. The summed E-state index contributed by atoms with van der Waals surface area (Å²) < 4.78 is 30.9. The van der Waals surface area contributed by atoms with E-state index in [0.717, 1.165) is 28.1 Å². The van der Waals surface area contributed by atoms with Gasteiger partial charge in [0.05, 0.1) is 23.0 Å². The molecule has 2 aromatic carbocycles. The van der Waals surface area contributed by atoms with Crippen molar-refractivity contribution in [2.75, 3.05) is 12.4 Å². The Balaban J connectivity index is 1.63. The molecule has 5 rings (SSSR count). The van der Waals surface area contributed by atoms with Crippen molar-refractivity contribution in [3.8, 4) is 11.1 Å². The molecule has 0 aliphatic heterocycles. The fourth-order valence-electron chi connectivity index (χ4n) is 3.78. The number of hydrogen-bond acceptors (Lipinski definition) is 4. The largest absolute Gasteiger partial charge is 0.386 e. The van der Waals surface area contributed by atoms with Crippen molar-refractivity contribution in [3.63, 3.8) is 0 Å². The molecule has 8 heteroatoms. The quantitative estimate of drug-likeness (QED) is 0.417. The maximum Gasteiger partial charge on any atom is 0.201 e. The van der Waals surface area contributed by atoms with Crippen molar-refractivity contribution in [2.24, 2.45) is 7.05 Å². The van der Waals surface area contributed by atoms with Crippen molar-refractivity contribution in [1.82, 2.24) is 19.7 Å². The molecule has 0 saturated carbocycles. The highest BCUT2D eigenvalue weighted by atomic mass is 19.1. The van der Waals surface area contributed by atoms with Crippen LogP contribution in [-0.4, -0.2) is 32.6 Å². The van der Waals surface area contributed by atoms with Crippen LogP contribution in [0.15, 0.2) is 55.0 Å². The van der Waals surface area contributed by atoms with E-state index in [9.17, 15) is 13.6 Å². The van der Waals surface area contributed by atoms with Crippen LogP contribution >= 0.6 is 0 Å². The average molecular weight is 417 g/mol. The molecule has 0 aliphatic carbocycles. The van der Waals surface area contributed by atoms with Crippen LogP contribution in [0.25, 0.3) is 33.1 Å². The number of carbonyl (C=O) groups is 1. The molecule has 0 spiro atoms. The zero-order chi connectivity index (χ0) is 21.7. The van der Waals surface area contributed by atoms with Gasteiger partial charge < -0.3 is 10.3 Å². The van der Waals surface area contributed by atoms with Gasteiger partial charge in [-0.05, 0) is 35.9 Å². The van der Waals surface area contributed by atoms with Gasteiger partial charge in [-0.2, -0.15) is 5.10 Å². The first-order chi connectivity index (χ1) is 15.0. The van der Waals surface area contributed by atoms with Gasteiger partial charge in [-0.25, -0.2) is 13.8 Å². The van der Waals surface area contributed by atoms with E-state index in [1.54, 1.807) is 23.1 Å². The van der Waals surface area contributed by atoms with Gasteiger partial charge in [-0.1, -0.05) is 6.07 Å². The number of fused-ring (bicyclic) bond motifs is 2. The normalized spacial score (nSPS) is 11.4. The summed E-state index contributed by atoms with van der Waals surface area (Å²) in [7, 11) is 3.38. The number of aromatic nitrogens is 4. The Morgan fingerprint density at radius 1 is 1.10 bits per heavy atom. The molecule has 0 atom stereocenters. The second kappa shape index (κ2) is 7.02. The maximum atomic E-state index is 14.7. The molecule has 31 heavy (non-hydrogen) atoms. The highest BCUT2D eigenvalue weighted by Gasteiger charge is 2.24. The van der Waals surface area contributed by atoms with Crippen molar-refractivity contribution < 1.29 is 13.6 Å². The lowest BCUT2D eigenvalue weighted by atomic mass is 9.99. The molecule has 0 aliphatic rings. The first-order valence-corrected chi connectivity index (χ1v) is 9.57. The predicted molar refractivity (Wildman–Crippen MR) is 115 cm³/mol. The molecule has 154 valence electrons. The van der Waals surface area contributed by atoms with Crippen LogP contribution in [0, 0.1) is 11.6 Å². The molecule has 0 saturated heterocycles. The van der Waals surface area contributed by atoms with Gasteiger partial charge >= 0.3 is 0 Å². The second-order valence-corrected chi connectivity index (χ2v) is 7.23. The standard InChI is InChI=1S/C23H17F2N5O/c1-26-18-5-4-17(24)20(21(18)25)22(31)16-11-28-23-15(16)8-13(9-27-23)12-3-6-19-14(7-12)10-29-30(19)2/h3-11,26H,1-2H3,(H,27,28). The SMILES string of the molecule is CNc1ccc(F)c(C(=O)c2c[nH]c3ncc(-c4ccc5c(cnn5C)c4)cc23)c1F. The number of benzene rings is 2. The average Bonchev–Trinajstić information content (AvgIpc) is 3.36. The number of carbonyl (C=O) groups excluding carboxylic acids is 1. The molecule has 0 unspecified atom stereocenters. The zero-order valence-electron chi connectivity index (χ0n) is 16.7. The third-order valence-corrected chi connectivity index (χ3v) is 5.44. The molecule has 3 heterocycles. The lowest BCUT2D eigenvalue weighted by Crippen LogP contribution is -2.09. The third-order valence-electron chi connectivity index (χ3n) is 5.44. The number of halogens is 2. The molecule has 0 bridgehead atoms. The van der Waals surface area contributed by atoms with E-state index in [2.05, 4.69) is 20.4 Å². The lowest BCUT2D eigenvalue weighted by molar-refractivity contribution is 0.103. The Morgan fingerprint density at radius 3 is 2.74 bits per heavy atom. The molecule has 0 fully saturated rings. The Labute approximate surface area is 175 Å². The summed E-state index contributed by atoms with van der Waals surface area (Å²) in [6, 6.07) is 10.0. The highest BCUT2D eigenvalue weighted by Crippen LogP contribution is 2.30. The topological polar surface area (TPSA) is 75.6 Å². The first-order valence-electron chi connectivity index (χ1n) is 9.57. The van der Waals surface area contributed by atoms with Gasteiger partial charge in [0.1, 0.15) is 11.5 Å². The minimum Gasteiger partial charge on any atom is -0.386 e. The third kappa shape index (κ3) is 2.95. The molecule has 3 aromatic heterocycles. The van der Waals surface area contributed by atoms with Crippen LogP contribution in [0.1, 0.15) is 15.9 Å². The van der Waals surface area contributed by atoms with Gasteiger partial charge in [0.25, 0.3) is 0 Å². The van der Waals surface area contributed by atoms with E-state index in [1.807, 2.05) is 25.2 Å². The van der Waals surface area contributed by atoms with E-state index in [1.165, 1.54) is 19.3 Å². The molecular formula is C23H17F2N5O. The van der Waals surface area contributed by atoms with Gasteiger partial charge in [-0.3, -0.25) is 9.48 Å². The zero-order valence-corrected chi connectivity index (χ0v) is 16.7. The van der Waals surface area contributed by atoms with Gasteiger partial charge in [0.15, 0.2) is 5.82 Å². The number of anilines is 1. The Hall–Kier alpha value is -4.07. The monoisotopic (exact) mass is 417 g/mol. The number of rotatable bonds is 4. The summed E-state index contributed by atoms with van der Waals surface area (Å²) in [6.07, 6.45) is 4.89. The van der Waals surface area contributed by atoms with Crippen molar-refractivity contribution in [3.05, 3.63) is 77.8 Å². The van der Waals surface area contributed by atoms with Crippen LogP contribution in [0.4, 0.5) is 14.5 Å². The van der Waals surface area contributed by atoms with E-state index in [4.69, 9.17) is 0 Å². The predicted octanol–water partition coefficient (Wildman–Crippen LogP) is 4.67. The van der Waals surface area contributed by atoms with Crippen LogP contribution in [-0.2, 0) is 7.05 Å². The molecule has 6 nitrogen and oxygen atoms in total.